The number of rotatable bonds is 7. The van der Waals surface area contributed by atoms with Crippen LogP contribution in [0.3, 0.4) is 0 Å². The van der Waals surface area contributed by atoms with E-state index in [1.807, 2.05) is 66.7 Å². The molecule has 0 atom stereocenters. The van der Waals surface area contributed by atoms with Gasteiger partial charge in [-0.05, 0) is 64.9 Å². The maximum atomic E-state index is 5.99. The van der Waals surface area contributed by atoms with E-state index >= 15 is 0 Å². The van der Waals surface area contributed by atoms with E-state index in [0.29, 0.717) is 6.54 Å². The first-order chi connectivity index (χ1) is 17.3. The first kappa shape index (κ1) is 24.0. The summed E-state index contributed by atoms with van der Waals surface area (Å²) in [6, 6.07) is 47.7. The molecule has 2 heteroatoms. The molecule has 0 saturated carbocycles. The van der Waals surface area contributed by atoms with Gasteiger partial charge < -0.3 is 10.5 Å². The number of hydrogen-bond donors (Lipinski definition) is 1. The normalized spacial score (nSPS) is 10.2. The van der Waals surface area contributed by atoms with Gasteiger partial charge in [-0.25, -0.2) is 0 Å². The van der Waals surface area contributed by atoms with Gasteiger partial charge in [0.25, 0.3) is 0 Å². The molecule has 0 aliphatic carbocycles. The predicted octanol–water partition coefficient (Wildman–Crippen LogP) is 7.81. The molecule has 0 aliphatic heterocycles. The Morgan fingerprint density at radius 3 is 1.00 bits per heavy atom. The van der Waals surface area contributed by atoms with Crippen molar-refractivity contribution in [1.29, 1.82) is 0 Å². The highest BCUT2D eigenvalue weighted by atomic mass is 16.5. The van der Waals surface area contributed by atoms with Gasteiger partial charge in [0.1, 0.15) is 11.5 Å². The van der Waals surface area contributed by atoms with Crippen molar-refractivity contribution in [3.63, 3.8) is 0 Å². The van der Waals surface area contributed by atoms with Crippen LogP contribution in [0.4, 0.5) is 0 Å². The quantitative estimate of drug-likeness (QED) is 0.270. The van der Waals surface area contributed by atoms with Crippen LogP contribution in [-0.4, -0.2) is 0 Å². The van der Waals surface area contributed by atoms with E-state index < -0.39 is 0 Å². The molecule has 2 nitrogen and oxygen atoms in total. The summed E-state index contributed by atoms with van der Waals surface area (Å²) in [4.78, 5) is 0. The molecule has 35 heavy (non-hydrogen) atoms. The van der Waals surface area contributed by atoms with Crippen molar-refractivity contribution in [2.45, 2.75) is 19.4 Å². The smallest absolute Gasteiger partial charge is 0.127 e. The molecule has 2 N–H and O–H groups in total. The van der Waals surface area contributed by atoms with Gasteiger partial charge in [-0.2, -0.15) is 0 Å². The highest BCUT2D eigenvalue weighted by molar-refractivity contribution is 5.37. The minimum Gasteiger partial charge on any atom is -0.457 e. The van der Waals surface area contributed by atoms with Crippen LogP contribution < -0.4 is 10.5 Å². The summed E-state index contributed by atoms with van der Waals surface area (Å²) in [5, 5.41) is 0. The number of nitrogens with two attached hydrogens (primary N) is 1. The average Bonchev–Trinajstić information content (AvgIpc) is 2.93. The number of benzene rings is 5. The molecule has 0 unspecified atom stereocenters. The van der Waals surface area contributed by atoms with Crippen molar-refractivity contribution >= 4 is 0 Å². The monoisotopic (exact) mass is 457 g/mol. The van der Waals surface area contributed by atoms with Crippen LogP contribution in [0.2, 0.25) is 0 Å². The minimum atomic E-state index is 0.640. The third-order valence-corrected chi connectivity index (χ3v) is 5.66. The maximum absolute atomic E-state index is 5.99. The summed E-state index contributed by atoms with van der Waals surface area (Å²) in [5.74, 6) is 1.73. The number of ether oxygens (including phenoxy) is 1. The Bertz CT molecular complexity index is 1170. The largest absolute Gasteiger partial charge is 0.457 e. The lowest BCUT2D eigenvalue weighted by atomic mass is 10.0. The molecular formula is C33H31NO. The highest BCUT2D eigenvalue weighted by Crippen LogP contribution is 2.23. The molecule has 0 aliphatic rings. The molecule has 5 aromatic carbocycles. The van der Waals surface area contributed by atoms with Gasteiger partial charge in [-0.3, -0.25) is 0 Å². The fourth-order valence-corrected chi connectivity index (χ4v) is 3.76. The van der Waals surface area contributed by atoms with Crippen molar-refractivity contribution in [2.75, 3.05) is 0 Å². The average molecular weight is 458 g/mol. The van der Waals surface area contributed by atoms with E-state index in [2.05, 4.69) is 72.8 Å². The zero-order valence-electron chi connectivity index (χ0n) is 19.9. The lowest BCUT2D eigenvalue weighted by Gasteiger charge is -2.08. The Kier molecular flexibility index (Phi) is 8.87. The van der Waals surface area contributed by atoms with Crippen LogP contribution >= 0.6 is 0 Å². The first-order valence-electron chi connectivity index (χ1n) is 12.0. The van der Waals surface area contributed by atoms with Crippen LogP contribution in [0.25, 0.3) is 0 Å². The Hall–Kier alpha value is -4.14. The second-order valence-electron chi connectivity index (χ2n) is 8.40. The minimum absolute atomic E-state index is 0.640. The van der Waals surface area contributed by atoms with Gasteiger partial charge in [0.05, 0.1) is 0 Å². The standard InChI is InChI=1S/C26H22O.C7H9N/c1-3-7-21(8-4-1)19-23-11-15-25(16-12-23)27-26-17-13-24(14-18-26)20-22-9-5-2-6-10-22;8-6-7-4-2-1-3-5-7/h1-18H,19-20H2;1-5H,6,8H2. The second-order valence-corrected chi connectivity index (χ2v) is 8.40. The van der Waals surface area contributed by atoms with Crippen LogP contribution in [-0.2, 0) is 19.4 Å². The fourth-order valence-electron chi connectivity index (χ4n) is 3.76. The summed E-state index contributed by atoms with van der Waals surface area (Å²) < 4.78 is 5.99. The van der Waals surface area contributed by atoms with E-state index in [0.717, 1.165) is 24.3 Å². The summed E-state index contributed by atoms with van der Waals surface area (Å²) >= 11 is 0. The zero-order chi connectivity index (χ0) is 24.1. The Labute approximate surface area is 208 Å². The summed E-state index contributed by atoms with van der Waals surface area (Å²) in [7, 11) is 0. The third kappa shape index (κ3) is 7.99. The Morgan fingerprint density at radius 2 is 0.686 bits per heavy atom. The molecule has 0 fully saturated rings. The molecule has 0 aromatic heterocycles. The Balaban J connectivity index is 0.000000308. The van der Waals surface area contributed by atoms with E-state index in [-0.39, 0.29) is 0 Å². The molecule has 174 valence electrons. The predicted molar refractivity (Wildman–Crippen MR) is 146 cm³/mol. The van der Waals surface area contributed by atoms with Gasteiger partial charge >= 0.3 is 0 Å². The van der Waals surface area contributed by atoms with Crippen LogP contribution in [0.1, 0.15) is 27.8 Å². The molecule has 0 heterocycles. The molecule has 0 spiro atoms. The molecular weight excluding hydrogens is 426 g/mol. The molecule has 0 saturated heterocycles. The van der Waals surface area contributed by atoms with Crippen molar-refractivity contribution in [3.05, 3.63) is 167 Å². The third-order valence-electron chi connectivity index (χ3n) is 5.66. The fraction of sp³-hybridized carbons (Fsp3) is 0.0909. The maximum Gasteiger partial charge on any atom is 0.127 e. The van der Waals surface area contributed by atoms with Crippen molar-refractivity contribution in [1.82, 2.24) is 0 Å². The lowest BCUT2D eigenvalue weighted by Crippen LogP contribution is -1.94. The molecule has 0 bridgehead atoms. The molecule has 0 amide bonds. The van der Waals surface area contributed by atoms with E-state index in [1.54, 1.807) is 0 Å². The van der Waals surface area contributed by atoms with Gasteiger partial charge in [0.2, 0.25) is 0 Å². The van der Waals surface area contributed by atoms with Gasteiger partial charge in [0.15, 0.2) is 0 Å². The van der Waals surface area contributed by atoms with Gasteiger partial charge in [-0.15, -0.1) is 0 Å². The lowest BCUT2D eigenvalue weighted by molar-refractivity contribution is 0.482. The molecule has 0 radical (unpaired) electrons. The van der Waals surface area contributed by atoms with E-state index in [9.17, 15) is 0 Å². The van der Waals surface area contributed by atoms with Crippen molar-refractivity contribution in [3.8, 4) is 11.5 Å². The molecule has 5 aromatic rings. The van der Waals surface area contributed by atoms with Crippen LogP contribution in [0.5, 0.6) is 11.5 Å². The summed E-state index contributed by atoms with van der Waals surface area (Å²) in [6.07, 6.45) is 1.88. The van der Waals surface area contributed by atoms with E-state index in [4.69, 9.17) is 10.5 Å². The van der Waals surface area contributed by atoms with Crippen LogP contribution in [0.15, 0.2) is 140 Å². The summed E-state index contributed by atoms with van der Waals surface area (Å²) in [6.45, 7) is 0.640. The second kappa shape index (κ2) is 12.9. The SMILES string of the molecule is NCc1ccccc1.c1ccc(Cc2ccc(Oc3ccc(Cc4ccccc4)cc3)cc2)cc1. The van der Waals surface area contributed by atoms with Gasteiger partial charge in [0, 0.05) is 6.54 Å². The number of hydrogen-bond acceptors (Lipinski definition) is 2. The topological polar surface area (TPSA) is 35.2 Å². The Morgan fingerprint density at radius 1 is 0.371 bits per heavy atom. The van der Waals surface area contributed by atoms with Crippen LogP contribution in [0, 0.1) is 0 Å². The first-order valence-corrected chi connectivity index (χ1v) is 12.0. The molecule has 5 rings (SSSR count). The van der Waals surface area contributed by atoms with Crippen molar-refractivity contribution in [2.24, 2.45) is 5.73 Å². The van der Waals surface area contributed by atoms with Gasteiger partial charge in [-0.1, -0.05) is 115 Å². The zero-order valence-corrected chi connectivity index (χ0v) is 19.9. The van der Waals surface area contributed by atoms with Crippen molar-refractivity contribution < 1.29 is 4.74 Å². The van der Waals surface area contributed by atoms with E-state index in [1.165, 1.54) is 27.8 Å². The summed E-state index contributed by atoms with van der Waals surface area (Å²) in [5.41, 5.74) is 11.7. The highest BCUT2D eigenvalue weighted by Gasteiger charge is 2.01.